The van der Waals surface area contributed by atoms with Crippen LogP contribution < -0.4 is 4.90 Å². The summed E-state index contributed by atoms with van der Waals surface area (Å²) in [5.41, 5.74) is 2.78. The van der Waals surface area contributed by atoms with E-state index in [1.54, 1.807) is 36.4 Å². The molecular formula is C22H21NO4. The number of benzene rings is 3. The van der Waals surface area contributed by atoms with Crippen LogP contribution in [0.3, 0.4) is 0 Å². The second-order valence-corrected chi connectivity index (χ2v) is 6.20. The van der Waals surface area contributed by atoms with Gasteiger partial charge in [0.1, 0.15) is 11.5 Å². The number of phenols is 2. The zero-order valence-electron chi connectivity index (χ0n) is 14.7. The van der Waals surface area contributed by atoms with Crippen molar-refractivity contribution in [2.24, 2.45) is 0 Å². The van der Waals surface area contributed by atoms with Gasteiger partial charge in [0, 0.05) is 23.5 Å². The maximum atomic E-state index is 13.2. The highest BCUT2D eigenvalue weighted by Gasteiger charge is 2.20. The summed E-state index contributed by atoms with van der Waals surface area (Å²) in [5.74, 6) is 0.00951. The molecule has 138 valence electrons. The zero-order chi connectivity index (χ0) is 19.2. The van der Waals surface area contributed by atoms with Gasteiger partial charge in [0.2, 0.25) is 0 Å². The van der Waals surface area contributed by atoms with Crippen molar-refractivity contribution < 1.29 is 20.1 Å². The SMILES string of the molecule is O=C(c1ccc(CCCO)cc1)N(c1ccc(O)cc1)c1ccc(O)cc1. The Balaban J connectivity index is 1.95. The van der Waals surface area contributed by atoms with Gasteiger partial charge in [-0.05, 0) is 79.1 Å². The summed E-state index contributed by atoms with van der Waals surface area (Å²) in [5, 5.41) is 28.0. The van der Waals surface area contributed by atoms with Crippen molar-refractivity contribution in [2.75, 3.05) is 11.5 Å². The molecular weight excluding hydrogens is 342 g/mol. The standard InChI is InChI=1S/C22H21NO4/c24-15-1-2-16-3-5-17(6-4-16)22(27)23(18-7-11-20(25)12-8-18)19-9-13-21(26)14-10-19/h3-14,24-26H,1-2,15H2. The number of hydrogen-bond acceptors (Lipinski definition) is 4. The monoisotopic (exact) mass is 363 g/mol. The van der Waals surface area contributed by atoms with Crippen molar-refractivity contribution in [1.29, 1.82) is 0 Å². The van der Waals surface area contributed by atoms with E-state index < -0.39 is 0 Å². The van der Waals surface area contributed by atoms with Crippen LogP contribution >= 0.6 is 0 Å². The van der Waals surface area contributed by atoms with Gasteiger partial charge < -0.3 is 15.3 Å². The van der Waals surface area contributed by atoms with Gasteiger partial charge in [0.15, 0.2) is 0 Å². The number of hydrogen-bond donors (Lipinski definition) is 3. The lowest BCUT2D eigenvalue weighted by Crippen LogP contribution is -2.25. The smallest absolute Gasteiger partial charge is 0.262 e. The van der Waals surface area contributed by atoms with Gasteiger partial charge in [0.25, 0.3) is 5.91 Å². The first kappa shape index (κ1) is 18.5. The van der Waals surface area contributed by atoms with E-state index in [0.717, 1.165) is 12.0 Å². The van der Waals surface area contributed by atoms with Gasteiger partial charge in [-0.2, -0.15) is 0 Å². The summed E-state index contributed by atoms with van der Waals surface area (Å²) in [6, 6.07) is 20.0. The summed E-state index contributed by atoms with van der Waals surface area (Å²) < 4.78 is 0. The third-order valence-electron chi connectivity index (χ3n) is 4.24. The molecule has 0 aliphatic rings. The van der Waals surface area contributed by atoms with Crippen molar-refractivity contribution in [3.05, 3.63) is 83.9 Å². The minimum absolute atomic E-state index is 0.116. The van der Waals surface area contributed by atoms with E-state index in [1.807, 2.05) is 12.1 Å². The highest BCUT2D eigenvalue weighted by atomic mass is 16.3. The van der Waals surface area contributed by atoms with E-state index in [1.165, 1.54) is 29.2 Å². The number of aryl methyl sites for hydroxylation is 1. The molecule has 3 rings (SSSR count). The third-order valence-corrected chi connectivity index (χ3v) is 4.24. The Bertz CT molecular complexity index is 842. The average molecular weight is 363 g/mol. The Morgan fingerprint density at radius 3 is 1.67 bits per heavy atom. The van der Waals surface area contributed by atoms with Gasteiger partial charge in [-0.15, -0.1) is 0 Å². The lowest BCUT2D eigenvalue weighted by atomic mass is 10.1. The highest BCUT2D eigenvalue weighted by molar-refractivity contribution is 6.10. The number of phenolic OH excluding ortho intramolecular Hbond substituents is 2. The van der Waals surface area contributed by atoms with E-state index in [2.05, 4.69) is 0 Å². The number of rotatable bonds is 6. The van der Waals surface area contributed by atoms with Crippen molar-refractivity contribution in [1.82, 2.24) is 0 Å². The number of aliphatic hydroxyl groups is 1. The molecule has 1 amide bonds. The number of amides is 1. The molecule has 5 nitrogen and oxygen atoms in total. The van der Waals surface area contributed by atoms with Gasteiger partial charge in [-0.25, -0.2) is 0 Å². The highest BCUT2D eigenvalue weighted by Crippen LogP contribution is 2.30. The molecule has 3 N–H and O–H groups in total. The number of aliphatic hydroxyl groups excluding tert-OH is 1. The van der Waals surface area contributed by atoms with Crippen LogP contribution in [-0.4, -0.2) is 27.8 Å². The molecule has 0 saturated carbocycles. The van der Waals surface area contributed by atoms with E-state index in [4.69, 9.17) is 5.11 Å². The number of aromatic hydroxyl groups is 2. The van der Waals surface area contributed by atoms with Gasteiger partial charge in [0.05, 0.1) is 0 Å². The summed E-state index contributed by atoms with van der Waals surface area (Å²) in [6.07, 6.45) is 1.44. The molecule has 27 heavy (non-hydrogen) atoms. The summed E-state index contributed by atoms with van der Waals surface area (Å²) in [4.78, 5) is 14.7. The van der Waals surface area contributed by atoms with Gasteiger partial charge in [-0.3, -0.25) is 9.69 Å². The number of anilines is 2. The first-order valence-electron chi connectivity index (χ1n) is 8.71. The van der Waals surface area contributed by atoms with Crippen LogP contribution in [0.5, 0.6) is 11.5 Å². The number of carbonyl (C=O) groups is 1. The second-order valence-electron chi connectivity index (χ2n) is 6.20. The predicted octanol–water partition coefficient (Wildman–Crippen LogP) is 4.00. The van der Waals surface area contributed by atoms with Crippen molar-refractivity contribution in [3.8, 4) is 11.5 Å². The van der Waals surface area contributed by atoms with Crippen LogP contribution in [0.4, 0.5) is 11.4 Å². The van der Waals surface area contributed by atoms with Crippen molar-refractivity contribution in [2.45, 2.75) is 12.8 Å². The maximum absolute atomic E-state index is 13.2. The minimum atomic E-state index is -0.222. The van der Waals surface area contributed by atoms with Crippen molar-refractivity contribution >= 4 is 17.3 Å². The number of nitrogens with zero attached hydrogens (tertiary/aromatic N) is 1. The largest absolute Gasteiger partial charge is 0.508 e. The summed E-state index contributed by atoms with van der Waals surface area (Å²) in [7, 11) is 0. The molecule has 0 aliphatic heterocycles. The maximum Gasteiger partial charge on any atom is 0.262 e. The topological polar surface area (TPSA) is 81.0 Å². The van der Waals surface area contributed by atoms with Gasteiger partial charge in [-0.1, -0.05) is 12.1 Å². The lowest BCUT2D eigenvalue weighted by Gasteiger charge is -2.23. The Labute approximate surface area is 157 Å². The fourth-order valence-electron chi connectivity index (χ4n) is 2.81. The fourth-order valence-corrected chi connectivity index (χ4v) is 2.81. The fraction of sp³-hybridized carbons (Fsp3) is 0.136. The van der Waals surface area contributed by atoms with Crippen LogP contribution in [0, 0.1) is 0 Å². The molecule has 0 spiro atoms. The van der Waals surface area contributed by atoms with Crippen LogP contribution in [-0.2, 0) is 6.42 Å². The van der Waals surface area contributed by atoms with Crippen LogP contribution in [0.2, 0.25) is 0 Å². The normalized spacial score (nSPS) is 10.6. The number of carbonyl (C=O) groups excluding carboxylic acids is 1. The molecule has 0 radical (unpaired) electrons. The summed E-state index contributed by atoms with van der Waals surface area (Å²) in [6.45, 7) is 0.135. The molecule has 0 bridgehead atoms. The molecule has 0 unspecified atom stereocenters. The molecule has 5 heteroatoms. The molecule has 3 aromatic rings. The van der Waals surface area contributed by atoms with Crippen LogP contribution in [0.1, 0.15) is 22.3 Å². The van der Waals surface area contributed by atoms with E-state index >= 15 is 0 Å². The Morgan fingerprint density at radius 1 is 0.741 bits per heavy atom. The summed E-state index contributed by atoms with van der Waals surface area (Å²) >= 11 is 0. The molecule has 0 aliphatic carbocycles. The molecule has 0 aromatic heterocycles. The van der Waals surface area contributed by atoms with Gasteiger partial charge >= 0.3 is 0 Å². The van der Waals surface area contributed by atoms with Crippen LogP contribution in [0.25, 0.3) is 0 Å². The van der Waals surface area contributed by atoms with Crippen LogP contribution in [0.15, 0.2) is 72.8 Å². The van der Waals surface area contributed by atoms with E-state index in [-0.39, 0.29) is 24.0 Å². The Kier molecular flexibility index (Phi) is 5.74. The molecule has 0 heterocycles. The Hall–Kier alpha value is -3.31. The zero-order valence-corrected chi connectivity index (χ0v) is 14.7. The Morgan fingerprint density at radius 2 is 1.22 bits per heavy atom. The minimum Gasteiger partial charge on any atom is -0.508 e. The van der Waals surface area contributed by atoms with E-state index in [0.29, 0.717) is 23.4 Å². The first-order valence-corrected chi connectivity index (χ1v) is 8.71. The lowest BCUT2D eigenvalue weighted by molar-refractivity contribution is 0.0999. The molecule has 0 atom stereocenters. The van der Waals surface area contributed by atoms with Crippen molar-refractivity contribution in [3.63, 3.8) is 0 Å². The second kappa shape index (κ2) is 8.38. The average Bonchev–Trinajstić information content (AvgIpc) is 2.70. The molecule has 0 saturated heterocycles. The third kappa shape index (κ3) is 4.46. The predicted molar refractivity (Wildman–Crippen MR) is 105 cm³/mol. The molecule has 0 fully saturated rings. The quantitative estimate of drug-likeness (QED) is 0.618. The first-order chi connectivity index (χ1) is 13.1. The molecule has 3 aromatic carbocycles. The van der Waals surface area contributed by atoms with E-state index in [9.17, 15) is 15.0 Å².